The fourth-order valence-corrected chi connectivity index (χ4v) is 3.70. The van der Waals surface area contributed by atoms with Crippen molar-refractivity contribution in [2.24, 2.45) is 5.92 Å². The molecule has 0 spiro atoms. The second kappa shape index (κ2) is 3.60. The largest absolute Gasteiger partial charge is 0.316 e. The van der Waals surface area contributed by atoms with Gasteiger partial charge in [-0.25, -0.2) is 0 Å². The summed E-state index contributed by atoms with van der Waals surface area (Å²) >= 11 is 3.70. The first-order valence-corrected chi connectivity index (χ1v) is 6.58. The van der Waals surface area contributed by atoms with Crippen molar-refractivity contribution in [1.82, 2.24) is 5.32 Å². The minimum Gasteiger partial charge on any atom is -0.316 e. The van der Waals surface area contributed by atoms with Gasteiger partial charge in [0.2, 0.25) is 0 Å². The molecular weight excluding hydrogens is 250 g/mol. The van der Waals surface area contributed by atoms with Crippen molar-refractivity contribution >= 4 is 15.9 Å². The average Bonchev–Trinajstić information content (AvgIpc) is 2.87. The van der Waals surface area contributed by atoms with Gasteiger partial charge in [-0.05, 0) is 49.9 Å². The van der Waals surface area contributed by atoms with Crippen molar-refractivity contribution in [1.29, 1.82) is 0 Å². The van der Waals surface area contributed by atoms with Gasteiger partial charge in [-0.2, -0.15) is 0 Å². The molecule has 1 saturated carbocycles. The van der Waals surface area contributed by atoms with Gasteiger partial charge in [0.1, 0.15) is 0 Å². The molecule has 0 bridgehead atoms. The van der Waals surface area contributed by atoms with Crippen LogP contribution in [-0.4, -0.2) is 13.1 Å². The van der Waals surface area contributed by atoms with E-state index in [4.69, 9.17) is 0 Å². The van der Waals surface area contributed by atoms with E-state index in [0.29, 0.717) is 5.41 Å². The zero-order valence-corrected chi connectivity index (χ0v) is 10.4. The van der Waals surface area contributed by atoms with Crippen LogP contribution in [0.5, 0.6) is 0 Å². The van der Waals surface area contributed by atoms with Crippen molar-refractivity contribution < 1.29 is 0 Å². The van der Waals surface area contributed by atoms with Crippen LogP contribution in [0.25, 0.3) is 0 Å². The summed E-state index contributed by atoms with van der Waals surface area (Å²) in [6, 6.07) is 8.76. The van der Waals surface area contributed by atoms with Crippen LogP contribution in [-0.2, 0) is 5.41 Å². The van der Waals surface area contributed by atoms with Crippen molar-refractivity contribution in [3.63, 3.8) is 0 Å². The Hall–Kier alpha value is -0.340. The molecule has 80 valence electrons. The Labute approximate surface area is 99.4 Å². The van der Waals surface area contributed by atoms with Crippen molar-refractivity contribution in [3.8, 4) is 0 Å². The molecule has 1 N–H and O–H groups in total. The zero-order valence-electron chi connectivity index (χ0n) is 8.80. The van der Waals surface area contributed by atoms with Crippen LogP contribution in [0, 0.1) is 5.92 Å². The Morgan fingerprint density at radius 3 is 2.67 bits per heavy atom. The fraction of sp³-hybridized carbons (Fsp3) is 0.538. The maximum absolute atomic E-state index is 3.70. The van der Waals surface area contributed by atoms with Gasteiger partial charge in [0.15, 0.2) is 0 Å². The molecule has 1 aliphatic heterocycles. The van der Waals surface area contributed by atoms with Crippen LogP contribution in [0.4, 0.5) is 0 Å². The number of nitrogens with one attached hydrogen (secondary N) is 1. The summed E-state index contributed by atoms with van der Waals surface area (Å²) in [5, 5.41) is 3.49. The van der Waals surface area contributed by atoms with E-state index in [1.165, 1.54) is 36.8 Å². The van der Waals surface area contributed by atoms with Gasteiger partial charge in [-0.1, -0.05) is 34.1 Å². The molecule has 1 heterocycles. The van der Waals surface area contributed by atoms with Crippen LogP contribution >= 0.6 is 15.9 Å². The quantitative estimate of drug-likeness (QED) is 0.867. The molecule has 1 unspecified atom stereocenters. The fourth-order valence-electron chi connectivity index (χ4n) is 3.02. The van der Waals surface area contributed by atoms with E-state index in [0.717, 1.165) is 5.92 Å². The molecule has 1 atom stereocenters. The van der Waals surface area contributed by atoms with Gasteiger partial charge in [0.05, 0.1) is 0 Å². The topological polar surface area (TPSA) is 12.0 Å². The third kappa shape index (κ3) is 1.55. The summed E-state index contributed by atoms with van der Waals surface area (Å²) in [7, 11) is 0. The molecule has 1 aromatic carbocycles. The maximum atomic E-state index is 3.70. The van der Waals surface area contributed by atoms with E-state index in [1.54, 1.807) is 5.56 Å². The highest BCUT2D eigenvalue weighted by Crippen LogP contribution is 2.57. The normalized spacial score (nSPS) is 27.9. The first-order valence-electron chi connectivity index (χ1n) is 5.79. The maximum Gasteiger partial charge on any atom is 0.0213 e. The Morgan fingerprint density at radius 2 is 2.07 bits per heavy atom. The molecule has 15 heavy (non-hydrogen) atoms. The molecule has 1 nitrogen and oxygen atoms in total. The van der Waals surface area contributed by atoms with Crippen LogP contribution in [0.15, 0.2) is 28.7 Å². The summed E-state index contributed by atoms with van der Waals surface area (Å²) in [5.74, 6) is 0.858. The molecule has 3 rings (SSSR count). The molecule has 0 aromatic heterocycles. The molecule has 1 aliphatic carbocycles. The summed E-state index contributed by atoms with van der Waals surface area (Å²) in [5.41, 5.74) is 2.04. The third-order valence-electron chi connectivity index (χ3n) is 4.04. The van der Waals surface area contributed by atoms with Gasteiger partial charge in [-0.3, -0.25) is 0 Å². The lowest BCUT2D eigenvalue weighted by Crippen LogP contribution is -2.23. The van der Waals surface area contributed by atoms with Gasteiger partial charge in [0.25, 0.3) is 0 Å². The van der Waals surface area contributed by atoms with Crippen molar-refractivity contribution in [3.05, 3.63) is 34.3 Å². The minimum atomic E-state index is 0.504. The first-order chi connectivity index (χ1) is 7.33. The van der Waals surface area contributed by atoms with E-state index in [1.807, 2.05) is 0 Å². The van der Waals surface area contributed by atoms with E-state index < -0.39 is 0 Å². The summed E-state index contributed by atoms with van der Waals surface area (Å²) in [6.45, 7) is 2.41. The highest BCUT2D eigenvalue weighted by Gasteiger charge is 2.51. The molecule has 2 fully saturated rings. The Morgan fingerprint density at radius 1 is 1.27 bits per heavy atom. The predicted octanol–water partition coefficient (Wildman–Crippen LogP) is 3.09. The number of benzene rings is 1. The monoisotopic (exact) mass is 265 g/mol. The van der Waals surface area contributed by atoms with E-state index >= 15 is 0 Å². The second-order valence-corrected chi connectivity index (χ2v) is 5.68. The number of hydrogen-bond donors (Lipinski definition) is 1. The predicted molar refractivity (Wildman–Crippen MR) is 66.0 cm³/mol. The Balaban J connectivity index is 1.95. The smallest absolute Gasteiger partial charge is 0.0213 e. The Bertz CT molecular complexity index is 365. The van der Waals surface area contributed by atoms with Crippen molar-refractivity contribution in [2.45, 2.75) is 24.7 Å². The van der Waals surface area contributed by atoms with Crippen LogP contribution in [0.2, 0.25) is 0 Å². The second-order valence-electron chi connectivity index (χ2n) is 4.83. The van der Waals surface area contributed by atoms with Crippen LogP contribution in [0.1, 0.15) is 24.8 Å². The number of hydrogen-bond acceptors (Lipinski definition) is 1. The van der Waals surface area contributed by atoms with E-state index in [9.17, 15) is 0 Å². The average molecular weight is 266 g/mol. The Kier molecular flexibility index (Phi) is 2.37. The summed E-state index contributed by atoms with van der Waals surface area (Å²) in [6.07, 6.45) is 4.10. The summed E-state index contributed by atoms with van der Waals surface area (Å²) in [4.78, 5) is 0. The number of halogens is 1. The molecule has 1 saturated heterocycles. The molecular formula is C13H16BrN. The molecule has 1 aromatic rings. The minimum absolute atomic E-state index is 0.504. The van der Waals surface area contributed by atoms with E-state index in [-0.39, 0.29) is 0 Å². The summed E-state index contributed by atoms with van der Waals surface area (Å²) < 4.78 is 1.30. The SMILES string of the molecule is Brc1ccccc1C1(C2CCNC2)CC1. The van der Waals surface area contributed by atoms with E-state index in [2.05, 4.69) is 45.5 Å². The molecule has 0 amide bonds. The third-order valence-corrected chi connectivity index (χ3v) is 4.73. The molecule has 0 radical (unpaired) electrons. The van der Waals surface area contributed by atoms with Crippen LogP contribution in [0.3, 0.4) is 0 Å². The van der Waals surface area contributed by atoms with Gasteiger partial charge in [0, 0.05) is 9.89 Å². The molecule has 2 heteroatoms. The highest BCUT2D eigenvalue weighted by atomic mass is 79.9. The van der Waals surface area contributed by atoms with Crippen LogP contribution < -0.4 is 5.32 Å². The first kappa shape index (κ1) is 9.86. The number of rotatable bonds is 2. The lowest BCUT2D eigenvalue weighted by Gasteiger charge is -2.23. The lowest BCUT2D eigenvalue weighted by atomic mass is 9.82. The standard InChI is InChI=1S/C13H16BrN/c14-12-4-2-1-3-11(12)13(6-7-13)10-5-8-15-9-10/h1-4,10,15H,5-9H2. The van der Waals surface area contributed by atoms with Crippen molar-refractivity contribution in [2.75, 3.05) is 13.1 Å². The van der Waals surface area contributed by atoms with Gasteiger partial charge in [-0.15, -0.1) is 0 Å². The van der Waals surface area contributed by atoms with Gasteiger partial charge >= 0.3 is 0 Å². The molecule has 2 aliphatic rings. The highest BCUT2D eigenvalue weighted by molar-refractivity contribution is 9.10. The zero-order chi connectivity index (χ0) is 10.3. The van der Waals surface area contributed by atoms with Gasteiger partial charge < -0.3 is 5.32 Å². The lowest BCUT2D eigenvalue weighted by molar-refractivity contribution is 0.438.